The van der Waals surface area contributed by atoms with Gasteiger partial charge in [-0.3, -0.25) is 0 Å². The molecule has 0 aromatic heterocycles. The van der Waals surface area contributed by atoms with Crippen molar-refractivity contribution in [2.75, 3.05) is 4.90 Å². The average molecular weight is 792 g/mol. The zero-order valence-electron chi connectivity index (χ0n) is 34.6. The molecule has 3 aliphatic rings. The quantitative estimate of drug-likeness (QED) is 0.176. The fourth-order valence-electron chi connectivity index (χ4n) is 11.5. The lowest BCUT2D eigenvalue weighted by molar-refractivity contribution is 0.447. The van der Waals surface area contributed by atoms with E-state index in [1.165, 1.54) is 61.3 Å². The first kappa shape index (κ1) is 35.1. The molecule has 292 valence electrons. The van der Waals surface area contributed by atoms with Crippen LogP contribution in [0.5, 0.6) is 11.5 Å². The number of hydrogen-bond donors (Lipinski definition) is 0. The summed E-state index contributed by atoms with van der Waals surface area (Å²) >= 11 is 0. The summed E-state index contributed by atoms with van der Waals surface area (Å²) in [7, 11) is 0. The summed E-state index contributed by atoms with van der Waals surface area (Å²) in [6, 6.07) is 78.4. The first-order valence-electron chi connectivity index (χ1n) is 21.7. The molecule has 0 amide bonds. The summed E-state index contributed by atoms with van der Waals surface area (Å²) in [5.41, 5.74) is 17.5. The van der Waals surface area contributed by atoms with Gasteiger partial charge < -0.3 is 9.64 Å². The number of fused-ring (bicyclic) bond motifs is 16. The zero-order valence-corrected chi connectivity index (χ0v) is 34.6. The SMILES string of the molecule is CC1(C)c2ccccc2-c2c(N(c3ccccc3-c3ccccc3)c3cccc4c3-c3ccccc3C43c4ccc5ccccc5c4Oc4c3ccc3ccccc43)cccc21. The Balaban J connectivity index is 1.18. The van der Waals surface area contributed by atoms with Crippen molar-refractivity contribution in [3.05, 3.63) is 246 Å². The predicted molar refractivity (Wildman–Crippen MR) is 257 cm³/mol. The topological polar surface area (TPSA) is 12.5 Å². The van der Waals surface area contributed by atoms with Crippen LogP contribution in [0.2, 0.25) is 0 Å². The summed E-state index contributed by atoms with van der Waals surface area (Å²) < 4.78 is 7.29. The maximum atomic E-state index is 7.29. The molecule has 1 heterocycles. The minimum absolute atomic E-state index is 0.164. The van der Waals surface area contributed by atoms with Gasteiger partial charge in [-0.05, 0) is 67.9 Å². The normalized spacial score (nSPS) is 14.4. The Labute approximate surface area is 362 Å². The number of hydrogen-bond acceptors (Lipinski definition) is 2. The van der Waals surface area contributed by atoms with Gasteiger partial charge in [0.2, 0.25) is 0 Å². The Bertz CT molecular complexity index is 3400. The van der Waals surface area contributed by atoms with Gasteiger partial charge in [0, 0.05) is 44.0 Å². The van der Waals surface area contributed by atoms with Crippen LogP contribution in [-0.4, -0.2) is 0 Å². The molecule has 0 unspecified atom stereocenters. The van der Waals surface area contributed by atoms with E-state index in [-0.39, 0.29) is 5.41 Å². The highest BCUT2D eigenvalue weighted by Crippen LogP contribution is 2.66. The number of anilines is 3. The van der Waals surface area contributed by atoms with Crippen molar-refractivity contribution in [2.45, 2.75) is 24.7 Å². The Morgan fingerprint density at radius 1 is 0.339 bits per heavy atom. The molecule has 1 spiro atoms. The molecule has 0 radical (unpaired) electrons. The summed E-state index contributed by atoms with van der Waals surface area (Å²) in [4.78, 5) is 2.58. The molecule has 2 aliphatic carbocycles. The molecule has 2 nitrogen and oxygen atoms in total. The smallest absolute Gasteiger partial charge is 0.140 e. The van der Waals surface area contributed by atoms with E-state index in [1.54, 1.807) is 0 Å². The Kier molecular flexibility index (Phi) is 7.31. The van der Waals surface area contributed by atoms with Crippen LogP contribution in [0.3, 0.4) is 0 Å². The number of nitrogens with zero attached hydrogens (tertiary/aromatic N) is 1. The molecule has 2 heteroatoms. The Hall–Kier alpha value is -7.68. The van der Waals surface area contributed by atoms with E-state index in [1.807, 2.05) is 0 Å². The average Bonchev–Trinajstić information content (AvgIpc) is 3.76. The molecule has 0 bridgehead atoms. The van der Waals surface area contributed by atoms with Gasteiger partial charge in [-0.2, -0.15) is 0 Å². The molecular formula is C60H41NO. The lowest BCUT2D eigenvalue weighted by Gasteiger charge is -2.40. The van der Waals surface area contributed by atoms with Crippen molar-refractivity contribution in [3.8, 4) is 44.9 Å². The van der Waals surface area contributed by atoms with Crippen LogP contribution in [0, 0.1) is 0 Å². The number of rotatable bonds is 4. The number of para-hydroxylation sites is 1. The second-order valence-electron chi connectivity index (χ2n) is 17.5. The van der Waals surface area contributed by atoms with Crippen molar-refractivity contribution < 1.29 is 4.74 Å². The van der Waals surface area contributed by atoms with Crippen molar-refractivity contribution in [2.24, 2.45) is 0 Å². The lowest BCUT2D eigenvalue weighted by Crippen LogP contribution is -2.32. The van der Waals surface area contributed by atoms with Crippen LogP contribution < -0.4 is 9.64 Å². The van der Waals surface area contributed by atoms with Gasteiger partial charge in [0.25, 0.3) is 0 Å². The van der Waals surface area contributed by atoms with E-state index in [2.05, 4.69) is 231 Å². The molecule has 13 rings (SSSR count). The van der Waals surface area contributed by atoms with Crippen LogP contribution in [0.1, 0.15) is 47.2 Å². The second kappa shape index (κ2) is 12.9. The third-order valence-corrected chi connectivity index (χ3v) is 14.1. The molecular weight excluding hydrogens is 751 g/mol. The van der Waals surface area contributed by atoms with Gasteiger partial charge in [-0.25, -0.2) is 0 Å². The van der Waals surface area contributed by atoms with E-state index in [0.29, 0.717) is 0 Å². The van der Waals surface area contributed by atoms with Crippen LogP contribution in [0.25, 0.3) is 54.9 Å². The Morgan fingerprint density at radius 2 is 0.806 bits per heavy atom. The molecule has 1 aliphatic heterocycles. The summed E-state index contributed by atoms with van der Waals surface area (Å²) in [6.07, 6.45) is 0. The van der Waals surface area contributed by atoms with E-state index in [9.17, 15) is 0 Å². The van der Waals surface area contributed by atoms with Gasteiger partial charge in [-0.15, -0.1) is 0 Å². The van der Waals surface area contributed by atoms with E-state index in [4.69, 9.17) is 4.74 Å². The zero-order chi connectivity index (χ0) is 41.2. The maximum Gasteiger partial charge on any atom is 0.140 e. The third-order valence-electron chi connectivity index (χ3n) is 14.1. The van der Waals surface area contributed by atoms with Crippen LogP contribution in [-0.2, 0) is 10.8 Å². The number of ether oxygens (including phenoxy) is 1. The Morgan fingerprint density at radius 3 is 1.47 bits per heavy atom. The van der Waals surface area contributed by atoms with Crippen molar-refractivity contribution in [1.29, 1.82) is 0 Å². The van der Waals surface area contributed by atoms with Gasteiger partial charge in [-0.1, -0.05) is 208 Å². The largest absolute Gasteiger partial charge is 0.455 e. The van der Waals surface area contributed by atoms with Crippen molar-refractivity contribution in [3.63, 3.8) is 0 Å². The summed E-state index contributed by atoms with van der Waals surface area (Å²) in [5, 5.41) is 4.56. The second-order valence-corrected chi connectivity index (χ2v) is 17.5. The highest BCUT2D eigenvalue weighted by atomic mass is 16.5. The van der Waals surface area contributed by atoms with Gasteiger partial charge >= 0.3 is 0 Å². The standard InChI is InChI=1S/C60H41NO/c1-59(2)46-27-13-10-25-44(46)55-48(59)29-16-32-53(55)61(52-31-15-12-22-41(52)38-18-4-3-5-19-38)54-33-17-30-49-56(54)45-26-11-14-28-47(45)60(49)50-36-34-39-20-6-8-23-42(39)57(50)62-58-43-24-9-7-21-40(43)35-37-51(58)60/h3-37H,1-2H3. The van der Waals surface area contributed by atoms with Gasteiger partial charge in [0.15, 0.2) is 0 Å². The van der Waals surface area contributed by atoms with Crippen molar-refractivity contribution >= 4 is 38.6 Å². The first-order valence-corrected chi connectivity index (χ1v) is 21.7. The third kappa shape index (κ3) is 4.59. The molecule has 62 heavy (non-hydrogen) atoms. The minimum atomic E-state index is -0.670. The van der Waals surface area contributed by atoms with Crippen LogP contribution in [0.15, 0.2) is 212 Å². The maximum absolute atomic E-state index is 7.29. The molecule has 0 N–H and O–H groups in total. The van der Waals surface area contributed by atoms with Crippen molar-refractivity contribution in [1.82, 2.24) is 0 Å². The summed E-state index contributed by atoms with van der Waals surface area (Å²) in [5.74, 6) is 1.84. The van der Waals surface area contributed by atoms with Crippen LogP contribution >= 0.6 is 0 Å². The molecule has 0 fully saturated rings. The highest BCUT2D eigenvalue weighted by Gasteiger charge is 2.53. The molecule has 10 aromatic carbocycles. The first-order chi connectivity index (χ1) is 30.5. The highest BCUT2D eigenvalue weighted by molar-refractivity contribution is 6.06. The monoisotopic (exact) mass is 791 g/mol. The van der Waals surface area contributed by atoms with Gasteiger partial charge in [0.05, 0.1) is 22.5 Å². The minimum Gasteiger partial charge on any atom is -0.455 e. The molecule has 10 aromatic rings. The number of benzene rings is 10. The van der Waals surface area contributed by atoms with E-state index in [0.717, 1.165) is 55.5 Å². The fraction of sp³-hybridized carbons (Fsp3) is 0.0667. The predicted octanol–water partition coefficient (Wildman–Crippen LogP) is 15.9. The van der Waals surface area contributed by atoms with Crippen LogP contribution in [0.4, 0.5) is 17.1 Å². The van der Waals surface area contributed by atoms with Gasteiger partial charge in [0.1, 0.15) is 11.5 Å². The van der Waals surface area contributed by atoms with E-state index >= 15 is 0 Å². The lowest BCUT2D eigenvalue weighted by atomic mass is 9.65. The summed E-state index contributed by atoms with van der Waals surface area (Å²) in [6.45, 7) is 4.74. The van der Waals surface area contributed by atoms with E-state index < -0.39 is 5.41 Å². The molecule has 0 atom stereocenters. The molecule has 0 saturated carbocycles. The fourth-order valence-corrected chi connectivity index (χ4v) is 11.5. The molecule has 0 saturated heterocycles.